The summed E-state index contributed by atoms with van der Waals surface area (Å²) in [6.45, 7) is 5.37. The molecule has 1 aliphatic rings. The zero-order chi connectivity index (χ0) is 18.2. The lowest BCUT2D eigenvalue weighted by Crippen LogP contribution is -2.58. The molecule has 0 bridgehead atoms. The third kappa shape index (κ3) is 3.39. The van der Waals surface area contributed by atoms with Gasteiger partial charge in [-0.25, -0.2) is 0 Å². The summed E-state index contributed by atoms with van der Waals surface area (Å²) in [5, 5.41) is 6.11. The molecule has 2 aromatic carbocycles. The van der Waals surface area contributed by atoms with Gasteiger partial charge in [0.2, 0.25) is 5.91 Å². The monoisotopic (exact) mass is 401 g/mol. The van der Waals surface area contributed by atoms with E-state index in [1.54, 1.807) is 11.8 Å². The first-order chi connectivity index (χ1) is 11.8. The van der Waals surface area contributed by atoms with E-state index in [-0.39, 0.29) is 11.8 Å². The Bertz CT molecular complexity index is 818. The molecular weight excluding hydrogens is 382 g/mol. The SMILES string of the molecule is CC(C(=O)Nc1ccc(Br)cc1)N1C(=O)C(C)(C)Nc2ccccc21. The van der Waals surface area contributed by atoms with Crippen LogP contribution in [0, 0.1) is 0 Å². The highest BCUT2D eigenvalue weighted by Gasteiger charge is 2.42. The van der Waals surface area contributed by atoms with Crippen molar-refractivity contribution in [3.05, 3.63) is 53.0 Å². The number of fused-ring (bicyclic) bond motifs is 1. The zero-order valence-corrected chi connectivity index (χ0v) is 15.9. The maximum atomic E-state index is 12.9. The fraction of sp³-hybridized carbons (Fsp3) is 0.263. The van der Waals surface area contributed by atoms with Crippen LogP contribution in [0.5, 0.6) is 0 Å². The molecule has 1 heterocycles. The van der Waals surface area contributed by atoms with Crippen molar-refractivity contribution >= 4 is 44.8 Å². The normalized spacial score (nSPS) is 16.6. The second kappa shape index (κ2) is 6.52. The number of halogens is 1. The third-order valence-corrected chi connectivity index (χ3v) is 4.77. The van der Waals surface area contributed by atoms with Crippen LogP contribution in [-0.4, -0.2) is 23.4 Å². The summed E-state index contributed by atoms with van der Waals surface area (Å²) >= 11 is 3.37. The molecule has 0 aliphatic carbocycles. The number of carbonyl (C=O) groups excluding carboxylic acids is 2. The van der Waals surface area contributed by atoms with Crippen molar-refractivity contribution in [2.45, 2.75) is 32.4 Å². The lowest BCUT2D eigenvalue weighted by molar-refractivity contribution is -0.125. The number of nitrogens with zero attached hydrogens (tertiary/aromatic N) is 1. The van der Waals surface area contributed by atoms with Gasteiger partial charge in [-0.2, -0.15) is 0 Å². The molecule has 130 valence electrons. The largest absolute Gasteiger partial charge is 0.370 e. The Hall–Kier alpha value is -2.34. The average Bonchev–Trinajstić information content (AvgIpc) is 2.57. The molecule has 1 atom stereocenters. The van der Waals surface area contributed by atoms with Gasteiger partial charge in [-0.15, -0.1) is 0 Å². The molecule has 0 aromatic heterocycles. The number of rotatable bonds is 3. The molecule has 5 nitrogen and oxygen atoms in total. The lowest BCUT2D eigenvalue weighted by atomic mass is 9.96. The highest BCUT2D eigenvalue weighted by Crippen LogP contribution is 2.36. The molecule has 0 spiro atoms. The maximum Gasteiger partial charge on any atom is 0.252 e. The third-order valence-electron chi connectivity index (χ3n) is 4.24. The van der Waals surface area contributed by atoms with Gasteiger partial charge in [-0.1, -0.05) is 28.1 Å². The number of nitrogens with one attached hydrogen (secondary N) is 2. The van der Waals surface area contributed by atoms with Gasteiger partial charge < -0.3 is 10.6 Å². The number of carbonyl (C=O) groups is 2. The topological polar surface area (TPSA) is 61.4 Å². The number of benzene rings is 2. The zero-order valence-electron chi connectivity index (χ0n) is 14.3. The summed E-state index contributed by atoms with van der Waals surface area (Å²) in [5.74, 6) is -0.368. The van der Waals surface area contributed by atoms with Gasteiger partial charge in [-0.3, -0.25) is 14.5 Å². The molecule has 1 unspecified atom stereocenters. The lowest BCUT2D eigenvalue weighted by Gasteiger charge is -2.42. The first kappa shape index (κ1) is 17.5. The van der Waals surface area contributed by atoms with E-state index < -0.39 is 11.6 Å². The second-order valence-corrected chi connectivity index (χ2v) is 7.53. The smallest absolute Gasteiger partial charge is 0.252 e. The van der Waals surface area contributed by atoms with Crippen LogP contribution in [0.15, 0.2) is 53.0 Å². The summed E-state index contributed by atoms with van der Waals surface area (Å²) in [6.07, 6.45) is 0. The van der Waals surface area contributed by atoms with Crippen LogP contribution in [0.1, 0.15) is 20.8 Å². The number of amides is 2. The fourth-order valence-corrected chi connectivity index (χ4v) is 3.14. The first-order valence-corrected chi connectivity index (χ1v) is 8.86. The fourth-order valence-electron chi connectivity index (χ4n) is 2.87. The first-order valence-electron chi connectivity index (χ1n) is 8.07. The van der Waals surface area contributed by atoms with Gasteiger partial charge in [0.15, 0.2) is 0 Å². The van der Waals surface area contributed by atoms with E-state index >= 15 is 0 Å². The highest BCUT2D eigenvalue weighted by atomic mass is 79.9. The Morgan fingerprint density at radius 1 is 1.16 bits per heavy atom. The molecule has 25 heavy (non-hydrogen) atoms. The summed E-state index contributed by atoms with van der Waals surface area (Å²) in [6, 6.07) is 14.2. The Balaban J connectivity index is 1.89. The van der Waals surface area contributed by atoms with Crippen LogP contribution >= 0.6 is 15.9 Å². The highest BCUT2D eigenvalue weighted by molar-refractivity contribution is 9.10. The van der Waals surface area contributed by atoms with Crippen LogP contribution in [-0.2, 0) is 9.59 Å². The standard InChI is InChI=1S/C19H20BrN3O2/c1-12(17(24)21-14-10-8-13(20)9-11-14)23-16-7-5-4-6-15(16)22-19(2,3)18(23)25/h4-12,22H,1-3H3,(H,21,24). The number of anilines is 3. The quantitative estimate of drug-likeness (QED) is 0.816. The van der Waals surface area contributed by atoms with Crippen molar-refractivity contribution in [1.29, 1.82) is 0 Å². The molecule has 2 N–H and O–H groups in total. The van der Waals surface area contributed by atoms with Crippen molar-refractivity contribution < 1.29 is 9.59 Å². The van der Waals surface area contributed by atoms with E-state index in [4.69, 9.17) is 0 Å². The number of hydrogen-bond acceptors (Lipinski definition) is 3. The second-order valence-electron chi connectivity index (χ2n) is 6.61. The molecule has 2 aromatic rings. The minimum atomic E-state index is -0.777. The van der Waals surface area contributed by atoms with Gasteiger partial charge >= 0.3 is 0 Å². The van der Waals surface area contributed by atoms with E-state index in [1.807, 2.05) is 62.4 Å². The van der Waals surface area contributed by atoms with Crippen LogP contribution in [0.2, 0.25) is 0 Å². The van der Waals surface area contributed by atoms with Crippen molar-refractivity contribution in [2.75, 3.05) is 15.5 Å². The molecule has 6 heteroatoms. The number of hydrogen-bond donors (Lipinski definition) is 2. The molecule has 2 amide bonds. The Morgan fingerprint density at radius 3 is 2.48 bits per heavy atom. The molecular formula is C19H20BrN3O2. The van der Waals surface area contributed by atoms with Gasteiger partial charge in [0.05, 0.1) is 11.4 Å². The van der Waals surface area contributed by atoms with Crippen molar-refractivity contribution in [1.82, 2.24) is 0 Å². The van der Waals surface area contributed by atoms with E-state index in [0.29, 0.717) is 11.4 Å². The van der Waals surface area contributed by atoms with Crippen molar-refractivity contribution in [2.24, 2.45) is 0 Å². The van der Waals surface area contributed by atoms with E-state index in [2.05, 4.69) is 26.6 Å². The predicted molar refractivity (Wildman–Crippen MR) is 104 cm³/mol. The molecule has 1 aliphatic heterocycles. The summed E-state index contributed by atoms with van der Waals surface area (Å²) < 4.78 is 0.937. The summed E-state index contributed by atoms with van der Waals surface area (Å²) in [5.41, 5.74) is 1.47. The van der Waals surface area contributed by atoms with Crippen LogP contribution in [0.4, 0.5) is 17.1 Å². The summed E-state index contributed by atoms with van der Waals surface area (Å²) in [4.78, 5) is 27.2. The molecule has 0 radical (unpaired) electrons. The van der Waals surface area contributed by atoms with Crippen LogP contribution < -0.4 is 15.5 Å². The molecule has 0 saturated heterocycles. The number of para-hydroxylation sites is 2. The maximum absolute atomic E-state index is 12.9. The van der Waals surface area contributed by atoms with E-state index in [1.165, 1.54) is 0 Å². The Morgan fingerprint density at radius 2 is 1.80 bits per heavy atom. The van der Waals surface area contributed by atoms with Crippen LogP contribution in [0.25, 0.3) is 0 Å². The summed E-state index contributed by atoms with van der Waals surface area (Å²) in [7, 11) is 0. The molecule has 3 rings (SSSR count). The molecule has 0 saturated carbocycles. The minimum Gasteiger partial charge on any atom is -0.370 e. The van der Waals surface area contributed by atoms with E-state index in [9.17, 15) is 9.59 Å². The van der Waals surface area contributed by atoms with E-state index in [0.717, 1.165) is 10.2 Å². The predicted octanol–water partition coefficient (Wildman–Crippen LogP) is 4.01. The average molecular weight is 402 g/mol. The van der Waals surface area contributed by atoms with Gasteiger partial charge in [0.25, 0.3) is 5.91 Å². The Kier molecular flexibility index (Phi) is 4.56. The van der Waals surface area contributed by atoms with Gasteiger partial charge in [0.1, 0.15) is 11.6 Å². The van der Waals surface area contributed by atoms with Gasteiger partial charge in [0, 0.05) is 10.2 Å². The van der Waals surface area contributed by atoms with Gasteiger partial charge in [-0.05, 0) is 57.2 Å². The molecule has 0 fully saturated rings. The van der Waals surface area contributed by atoms with Crippen molar-refractivity contribution in [3.8, 4) is 0 Å². The Labute approximate surface area is 155 Å². The van der Waals surface area contributed by atoms with Crippen molar-refractivity contribution in [3.63, 3.8) is 0 Å². The minimum absolute atomic E-state index is 0.135. The van der Waals surface area contributed by atoms with Crippen LogP contribution in [0.3, 0.4) is 0 Å².